The number of nitrogens with zero attached hydrogens (tertiary/aromatic N) is 1. The van der Waals surface area contributed by atoms with Crippen LogP contribution in [0.4, 0.5) is 0 Å². The summed E-state index contributed by atoms with van der Waals surface area (Å²) in [7, 11) is 0. The third-order valence-corrected chi connectivity index (χ3v) is 3.23. The highest BCUT2D eigenvalue weighted by Crippen LogP contribution is 2.36. The Bertz CT molecular complexity index is 664. The quantitative estimate of drug-likeness (QED) is 0.451. The number of aliphatic hydroxyl groups is 2. The van der Waals surface area contributed by atoms with Gasteiger partial charge in [0.1, 0.15) is 12.3 Å². The van der Waals surface area contributed by atoms with Crippen molar-refractivity contribution in [1.29, 1.82) is 0 Å². The van der Waals surface area contributed by atoms with E-state index in [0.29, 0.717) is 0 Å². The van der Waals surface area contributed by atoms with Crippen molar-refractivity contribution in [3.05, 3.63) is 32.6 Å². The van der Waals surface area contributed by atoms with E-state index < -0.39 is 41.9 Å². The number of aliphatic hydroxyl groups excluding tert-OH is 1. The van der Waals surface area contributed by atoms with E-state index in [2.05, 4.69) is 4.98 Å². The Kier molecular flexibility index (Phi) is 3.99. The molecule has 3 N–H and O–H groups in total. The Labute approximate surface area is 118 Å². The van der Waals surface area contributed by atoms with E-state index in [0.717, 1.165) is 11.5 Å². The van der Waals surface area contributed by atoms with Crippen molar-refractivity contribution < 1.29 is 24.5 Å². The van der Waals surface area contributed by atoms with Crippen molar-refractivity contribution >= 4 is 5.97 Å². The van der Waals surface area contributed by atoms with Gasteiger partial charge in [0.15, 0.2) is 0 Å². The highest BCUT2D eigenvalue weighted by atomic mass is 16.7. The molecule has 0 spiro atoms. The van der Waals surface area contributed by atoms with Crippen LogP contribution >= 0.6 is 0 Å². The average Bonchev–Trinajstić information content (AvgIpc) is 2.69. The minimum absolute atomic E-state index is 0.247. The lowest BCUT2D eigenvalue weighted by Gasteiger charge is -2.25. The zero-order valence-corrected chi connectivity index (χ0v) is 11.5. The maximum absolute atomic E-state index is 11.8. The number of carbonyl (C=O) groups excluding carboxylic acids is 1. The van der Waals surface area contributed by atoms with Crippen LogP contribution in [0.25, 0.3) is 0 Å². The van der Waals surface area contributed by atoms with Gasteiger partial charge in [0, 0.05) is 18.7 Å². The Morgan fingerprint density at radius 1 is 1.62 bits per heavy atom. The summed E-state index contributed by atoms with van der Waals surface area (Å²) in [4.78, 5) is 36.3. The first-order valence-electron chi connectivity index (χ1n) is 6.27. The largest absolute Gasteiger partial charge is 0.430 e. The number of aromatic amines is 1. The van der Waals surface area contributed by atoms with Crippen LogP contribution in [-0.2, 0) is 14.3 Å². The van der Waals surface area contributed by atoms with Crippen molar-refractivity contribution in [2.75, 3.05) is 6.61 Å². The molecule has 1 fully saturated rings. The molecule has 2 heterocycles. The van der Waals surface area contributed by atoms with Gasteiger partial charge >= 0.3 is 11.7 Å². The summed E-state index contributed by atoms with van der Waals surface area (Å²) in [6.07, 6.45) is -1.14. The van der Waals surface area contributed by atoms with Crippen LogP contribution in [0.2, 0.25) is 0 Å². The van der Waals surface area contributed by atoms with Gasteiger partial charge in [-0.05, 0) is 6.92 Å². The van der Waals surface area contributed by atoms with E-state index in [1.807, 2.05) is 0 Å². The maximum Gasteiger partial charge on any atom is 0.330 e. The molecule has 1 aromatic heterocycles. The van der Waals surface area contributed by atoms with E-state index in [1.54, 1.807) is 0 Å². The van der Waals surface area contributed by atoms with E-state index in [4.69, 9.17) is 9.47 Å². The minimum Gasteiger partial charge on any atom is -0.430 e. The van der Waals surface area contributed by atoms with Gasteiger partial charge in [-0.3, -0.25) is 19.1 Å². The van der Waals surface area contributed by atoms with Crippen LogP contribution in [0.1, 0.15) is 25.1 Å². The Morgan fingerprint density at radius 3 is 2.86 bits per heavy atom. The SMILES string of the molecule is CC(=O)O[C@]1(O)C[C@H](n2cc(C)c(=O)[nH]c2=O)O[C@@H]1CO. The summed E-state index contributed by atoms with van der Waals surface area (Å²) in [6.45, 7) is 2.01. The topological polar surface area (TPSA) is 131 Å². The molecular formula is C12H16N2O7. The number of ether oxygens (including phenoxy) is 2. The number of nitrogens with one attached hydrogen (secondary N) is 1. The molecule has 0 unspecified atom stereocenters. The molecule has 1 aliphatic rings. The van der Waals surface area contributed by atoms with Crippen molar-refractivity contribution in [1.82, 2.24) is 9.55 Å². The third-order valence-electron chi connectivity index (χ3n) is 3.23. The van der Waals surface area contributed by atoms with Crippen molar-refractivity contribution in [3.63, 3.8) is 0 Å². The van der Waals surface area contributed by atoms with E-state index in [1.165, 1.54) is 13.1 Å². The molecule has 1 aliphatic heterocycles. The fraction of sp³-hybridized carbons (Fsp3) is 0.583. The molecule has 1 saturated heterocycles. The number of aromatic nitrogens is 2. The van der Waals surface area contributed by atoms with Gasteiger partial charge in [0.25, 0.3) is 5.56 Å². The van der Waals surface area contributed by atoms with E-state index in [-0.39, 0.29) is 12.0 Å². The molecule has 21 heavy (non-hydrogen) atoms. The number of esters is 1. The minimum atomic E-state index is -2.03. The summed E-state index contributed by atoms with van der Waals surface area (Å²) < 4.78 is 11.2. The van der Waals surface area contributed by atoms with Crippen LogP contribution in [0.5, 0.6) is 0 Å². The molecule has 1 aromatic rings. The first-order chi connectivity index (χ1) is 9.76. The number of aryl methyl sites for hydroxylation is 1. The Hall–Kier alpha value is -1.97. The van der Waals surface area contributed by atoms with E-state index in [9.17, 15) is 24.6 Å². The summed E-state index contributed by atoms with van der Waals surface area (Å²) in [6, 6.07) is 0. The second-order valence-corrected chi connectivity index (χ2v) is 4.88. The molecule has 0 bridgehead atoms. The molecule has 3 atom stereocenters. The molecule has 0 amide bonds. The number of carbonyl (C=O) groups is 1. The fourth-order valence-corrected chi connectivity index (χ4v) is 2.23. The van der Waals surface area contributed by atoms with Crippen LogP contribution in [0, 0.1) is 6.92 Å². The highest BCUT2D eigenvalue weighted by Gasteiger charge is 2.51. The lowest BCUT2D eigenvalue weighted by Crippen LogP contribution is -2.44. The zero-order chi connectivity index (χ0) is 15.8. The summed E-state index contributed by atoms with van der Waals surface area (Å²) >= 11 is 0. The number of hydrogen-bond donors (Lipinski definition) is 3. The van der Waals surface area contributed by atoms with Crippen LogP contribution < -0.4 is 11.2 Å². The molecule has 9 nitrogen and oxygen atoms in total. The van der Waals surface area contributed by atoms with Gasteiger partial charge in [-0.25, -0.2) is 4.79 Å². The van der Waals surface area contributed by atoms with Gasteiger partial charge in [0.05, 0.1) is 13.0 Å². The average molecular weight is 300 g/mol. The molecule has 0 aromatic carbocycles. The molecule has 9 heteroatoms. The summed E-state index contributed by atoms with van der Waals surface area (Å²) in [5, 5.41) is 19.5. The highest BCUT2D eigenvalue weighted by molar-refractivity contribution is 5.66. The van der Waals surface area contributed by atoms with Crippen molar-refractivity contribution in [3.8, 4) is 0 Å². The van der Waals surface area contributed by atoms with Gasteiger partial charge in [0.2, 0.25) is 5.79 Å². The first-order valence-corrected chi connectivity index (χ1v) is 6.27. The number of rotatable bonds is 3. The monoisotopic (exact) mass is 300 g/mol. The molecule has 2 rings (SSSR count). The molecule has 0 aliphatic carbocycles. The molecule has 0 saturated carbocycles. The fourth-order valence-electron chi connectivity index (χ4n) is 2.23. The summed E-state index contributed by atoms with van der Waals surface area (Å²) in [5.41, 5.74) is -0.968. The number of hydrogen-bond acceptors (Lipinski definition) is 7. The zero-order valence-electron chi connectivity index (χ0n) is 11.5. The van der Waals surface area contributed by atoms with Crippen LogP contribution in [-0.4, -0.2) is 44.2 Å². The Morgan fingerprint density at radius 2 is 2.29 bits per heavy atom. The first kappa shape index (κ1) is 15.4. The predicted molar refractivity (Wildman–Crippen MR) is 68.4 cm³/mol. The van der Waals surface area contributed by atoms with Crippen LogP contribution in [0.15, 0.2) is 15.8 Å². The molecular weight excluding hydrogens is 284 g/mol. The smallest absolute Gasteiger partial charge is 0.330 e. The molecule has 116 valence electrons. The summed E-state index contributed by atoms with van der Waals surface area (Å²) in [5.74, 6) is -2.78. The van der Waals surface area contributed by atoms with Crippen molar-refractivity contribution in [2.45, 2.75) is 38.4 Å². The van der Waals surface area contributed by atoms with Gasteiger partial charge in [-0.15, -0.1) is 0 Å². The van der Waals surface area contributed by atoms with Crippen molar-refractivity contribution in [2.24, 2.45) is 0 Å². The Balaban J connectivity index is 2.36. The number of H-pyrrole nitrogens is 1. The van der Waals surface area contributed by atoms with Gasteiger partial charge < -0.3 is 19.7 Å². The second kappa shape index (κ2) is 5.43. The third kappa shape index (κ3) is 2.89. The van der Waals surface area contributed by atoms with Gasteiger partial charge in [-0.1, -0.05) is 0 Å². The normalized spacial score (nSPS) is 28.6. The van der Waals surface area contributed by atoms with E-state index >= 15 is 0 Å². The second-order valence-electron chi connectivity index (χ2n) is 4.88. The van der Waals surface area contributed by atoms with Gasteiger partial charge in [-0.2, -0.15) is 0 Å². The lowest BCUT2D eigenvalue weighted by atomic mass is 10.1. The lowest BCUT2D eigenvalue weighted by molar-refractivity contribution is -0.229. The van der Waals surface area contributed by atoms with Crippen LogP contribution in [0.3, 0.4) is 0 Å². The predicted octanol–water partition coefficient (Wildman–Crippen LogP) is -1.62. The standard InChI is InChI=1S/C12H16N2O7/c1-6-4-14(11(18)13-10(6)17)9-3-12(19,21-7(2)16)8(5-15)20-9/h4,8-9,15,19H,3,5H2,1-2H3,(H,13,17,18)/t8-,9-,12-/m1/s1. The maximum atomic E-state index is 11.8. The molecule has 0 radical (unpaired) electrons.